The van der Waals surface area contributed by atoms with Gasteiger partial charge in [0.05, 0.1) is 48.5 Å². The molecule has 268 valence electrons. The summed E-state index contributed by atoms with van der Waals surface area (Å²) in [5, 5.41) is 17.0. The van der Waals surface area contributed by atoms with Gasteiger partial charge in [-0.25, -0.2) is 27.6 Å². The van der Waals surface area contributed by atoms with Gasteiger partial charge >= 0.3 is 19.9 Å². The maximum absolute atomic E-state index is 16.0. The molecule has 2 aromatic carbocycles. The van der Waals surface area contributed by atoms with E-state index >= 15 is 8.78 Å². The van der Waals surface area contributed by atoms with E-state index in [0.29, 0.717) is 12.8 Å². The molecule has 17 nitrogen and oxygen atoms in total. The fourth-order valence-electron chi connectivity index (χ4n) is 7.07. The number of fused-ring (bicyclic) bond motifs is 5. The third kappa shape index (κ3) is 6.05. The summed E-state index contributed by atoms with van der Waals surface area (Å²) in [5.74, 6) is -3.57. The minimum atomic E-state index is -5.20. The Bertz CT molecular complexity index is 2190. The van der Waals surface area contributed by atoms with E-state index in [9.17, 15) is 33.8 Å². The van der Waals surface area contributed by atoms with Crippen molar-refractivity contribution in [2.24, 2.45) is 0 Å². The Kier molecular flexibility index (Phi) is 7.78. The van der Waals surface area contributed by atoms with Crippen LogP contribution in [0.25, 0.3) is 10.9 Å². The van der Waals surface area contributed by atoms with E-state index in [1.807, 2.05) is 0 Å². The van der Waals surface area contributed by atoms with Crippen LogP contribution in [0.3, 0.4) is 0 Å². The van der Waals surface area contributed by atoms with Gasteiger partial charge in [0.15, 0.2) is 23.1 Å². The summed E-state index contributed by atoms with van der Waals surface area (Å²) in [6.07, 6.45) is 4.34. The summed E-state index contributed by atoms with van der Waals surface area (Å²) in [4.78, 5) is 60.0. The maximum Gasteiger partial charge on any atom is 0.470 e. The number of aromatic carboxylic acids is 1. The van der Waals surface area contributed by atoms with Crippen LogP contribution in [0.2, 0.25) is 0 Å². The first kappa shape index (κ1) is 33.1. The molecule has 1 aliphatic carbocycles. The van der Waals surface area contributed by atoms with Crippen molar-refractivity contribution in [1.29, 1.82) is 0 Å². The summed E-state index contributed by atoms with van der Waals surface area (Å²) in [5.41, 5.74) is -2.89. The molecule has 3 atom stereocenters. The fourth-order valence-corrected chi connectivity index (χ4v) is 7.76. The Balaban J connectivity index is 1.07. The van der Waals surface area contributed by atoms with Gasteiger partial charge in [0.1, 0.15) is 36.2 Å². The van der Waals surface area contributed by atoms with Gasteiger partial charge < -0.3 is 38.6 Å². The highest BCUT2D eigenvalue weighted by Gasteiger charge is 2.53. The Morgan fingerprint density at radius 3 is 2.63 bits per heavy atom. The van der Waals surface area contributed by atoms with Crippen LogP contribution < -0.4 is 24.7 Å². The normalized spacial score (nSPS) is 22.9. The van der Waals surface area contributed by atoms with Crippen LogP contribution in [0.15, 0.2) is 47.7 Å². The lowest BCUT2D eigenvalue weighted by Crippen LogP contribution is -2.42. The lowest BCUT2D eigenvalue weighted by Gasteiger charge is -2.35. The zero-order chi connectivity index (χ0) is 35.8. The molecule has 1 amide bonds. The van der Waals surface area contributed by atoms with Gasteiger partial charge in [-0.3, -0.25) is 14.2 Å². The largest absolute Gasteiger partial charge is 0.487 e. The molecule has 0 spiro atoms. The van der Waals surface area contributed by atoms with Crippen LogP contribution in [0.4, 0.5) is 25.0 Å². The number of pyridine rings is 1. The molecule has 3 fully saturated rings. The third-order valence-electron chi connectivity index (χ3n) is 9.35. The van der Waals surface area contributed by atoms with Crippen molar-refractivity contribution in [1.82, 2.24) is 19.6 Å². The minimum Gasteiger partial charge on any atom is -0.487 e. The van der Waals surface area contributed by atoms with Crippen molar-refractivity contribution in [3.8, 4) is 11.5 Å². The number of hydrogen-bond acceptors (Lipinski definition) is 11. The van der Waals surface area contributed by atoms with Crippen LogP contribution in [-0.4, -0.2) is 90.6 Å². The second-order valence-electron chi connectivity index (χ2n) is 13.0. The summed E-state index contributed by atoms with van der Waals surface area (Å²) < 4.78 is 69.2. The van der Waals surface area contributed by atoms with Gasteiger partial charge in [-0.05, 0) is 31.0 Å². The van der Waals surface area contributed by atoms with Crippen LogP contribution in [0.5, 0.6) is 11.5 Å². The standard InChI is InChI=1S/C31H29F2N6O11P/c32-22-7-17(38-11-19(49-30(38)43)10-36-6-5-34-35-36)3-4-24(22)48-15-31(50-51(44,45)46)9-18-13-47-28-25-20(8-23(33)26(28)39(18)14-31)27(40)21(29(41)42)12-37(25)16-1-2-16/h3-8,12,16,18-19H,1-2,9-11,13-15H2,(H,41,42)(H2,44,45,46)/t18-,19+,31+/m0/s1. The highest BCUT2D eigenvalue weighted by atomic mass is 31.2. The lowest BCUT2D eigenvalue weighted by molar-refractivity contribution is 0.00780. The number of carbonyl (C=O) groups excluding carboxylic acids is 1. The van der Waals surface area contributed by atoms with Crippen LogP contribution in [-0.2, 0) is 20.4 Å². The number of aromatic nitrogens is 4. The SMILES string of the molecule is O=C(O)c1cn(C2CC2)c2c3c(c(F)cc2c1=O)N1C[C@](COc2ccc(N4C[C@@H](Cn5ccnn5)OC4=O)cc2F)(OP(=O)(O)O)C[C@H]1CO3. The molecule has 20 heteroatoms. The topological polar surface area (TPSA) is 208 Å². The number of benzene rings is 2. The zero-order valence-electron chi connectivity index (χ0n) is 26.4. The zero-order valence-corrected chi connectivity index (χ0v) is 27.3. The Labute approximate surface area is 285 Å². The average molecular weight is 731 g/mol. The molecular weight excluding hydrogens is 701 g/mol. The maximum atomic E-state index is 16.0. The molecular formula is C31H29F2N6O11P. The fraction of sp³-hybridized carbons (Fsp3) is 0.387. The van der Waals surface area contributed by atoms with E-state index < -0.39 is 66.9 Å². The van der Waals surface area contributed by atoms with Gasteiger partial charge in [0.25, 0.3) is 0 Å². The first-order valence-corrected chi connectivity index (χ1v) is 17.4. The van der Waals surface area contributed by atoms with Gasteiger partial charge in [-0.2, -0.15) is 0 Å². The smallest absolute Gasteiger partial charge is 0.470 e. The monoisotopic (exact) mass is 730 g/mol. The molecule has 0 bridgehead atoms. The Morgan fingerprint density at radius 1 is 1.14 bits per heavy atom. The molecule has 4 aromatic rings. The van der Waals surface area contributed by atoms with E-state index in [1.54, 1.807) is 10.8 Å². The molecule has 2 saturated heterocycles. The van der Waals surface area contributed by atoms with Crippen molar-refractivity contribution in [2.75, 3.05) is 36.1 Å². The molecule has 4 aliphatic rings. The van der Waals surface area contributed by atoms with Gasteiger partial charge in [-0.15, -0.1) is 5.10 Å². The van der Waals surface area contributed by atoms with E-state index in [4.69, 9.17) is 18.7 Å². The lowest BCUT2D eigenvalue weighted by atomic mass is 10.0. The number of rotatable bonds is 10. The number of halogens is 2. The number of amides is 1. The molecule has 8 rings (SSSR count). The van der Waals surface area contributed by atoms with Crippen molar-refractivity contribution in [3.63, 3.8) is 0 Å². The minimum absolute atomic E-state index is 0.0133. The molecule has 51 heavy (non-hydrogen) atoms. The molecule has 1 saturated carbocycles. The molecule has 0 radical (unpaired) electrons. The number of ether oxygens (including phenoxy) is 3. The summed E-state index contributed by atoms with van der Waals surface area (Å²) in [7, 11) is -5.20. The van der Waals surface area contributed by atoms with Gasteiger partial charge in [0, 0.05) is 30.9 Å². The van der Waals surface area contributed by atoms with E-state index in [2.05, 4.69) is 10.3 Å². The number of carboxylic acids is 1. The van der Waals surface area contributed by atoms with Gasteiger partial charge in [-0.1, -0.05) is 5.21 Å². The molecule has 5 heterocycles. The highest BCUT2D eigenvalue weighted by Crippen LogP contribution is 2.52. The number of nitrogens with zero attached hydrogens (tertiary/aromatic N) is 6. The number of phosphoric ester groups is 1. The average Bonchev–Trinajstić information content (AvgIpc) is 3.47. The van der Waals surface area contributed by atoms with E-state index in [0.717, 1.165) is 12.1 Å². The first-order chi connectivity index (χ1) is 24.3. The quantitative estimate of drug-likeness (QED) is 0.201. The molecule has 3 aliphatic heterocycles. The van der Waals surface area contributed by atoms with Gasteiger partial charge in [0.2, 0.25) is 5.43 Å². The summed E-state index contributed by atoms with van der Waals surface area (Å²) >= 11 is 0. The van der Waals surface area contributed by atoms with Crippen molar-refractivity contribution >= 4 is 42.2 Å². The third-order valence-corrected chi connectivity index (χ3v) is 9.98. The Morgan fingerprint density at radius 2 is 1.94 bits per heavy atom. The van der Waals surface area contributed by atoms with E-state index in [1.165, 1.54) is 39.0 Å². The number of hydrogen-bond donors (Lipinski definition) is 3. The van der Waals surface area contributed by atoms with Crippen molar-refractivity contribution < 1.29 is 56.6 Å². The number of carboxylic acid groups (broad SMARTS) is 1. The second-order valence-corrected chi connectivity index (χ2v) is 14.1. The van der Waals surface area contributed by atoms with Crippen LogP contribution in [0, 0.1) is 11.6 Å². The number of anilines is 2. The number of phosphoric acid groups is 1. The first-order valence-electron chi connectivity index (χ1n) is 15.8. The van der Waals surface area contributed by atoms with E-state index in [-0.39, 0.29) is 72.5 Å². The van der Waals surface area contributed by atoms with Crippen molar-refractivity contribution in [2.45, 2.75) is 49.6 Å². The Hall–Kier alpha value is -5.10. The summed E-state index contributed by atoms with van der Waals surface area (Å²) in [6.45, 7) is -0.652. The van der Waals surface area contributed by atoms with Crippen LogP contribution >= 0.6 is 7.82 Å². The molecule has 0 unspecified atom stereocenters. The highest BCUT2D eigenvalue weighted by molar-refractivity contribution is 7.46. The predicted molar refractivity (Wildman–Crippen MR) is 170 cm³/mol. The predicted octanol–water partition coefficient (Wildman–Crippen LogP) is 2.83. The summed E-state index contributed by atoms with van der Waals surface area (Å²) in [6, 6.07) is 3.86. The number of cyclic esters (lactones) is 1. The molecule has 2 aromatic heterocycles. The number of carbonyl (C=O) groups is 2. The second kappa shape index (κ2) is 12.0. The molecule has 3 N–H and O–H groups in total. The van der Waals surface area contributed by atoms with Crippen LogP contribution in [0.1, 0.15) is 35.7 Å². The van der Waals surface area contributed by atoms with Crippen molar-refractivity contribution in [3.05, 3.63) is 70.3 Å².